The maximum absolute atomic E-state index is 6.35. The lowest BCUT2D eigenvalue weighted by Gasteiger charge is -2.26. The van der Waals surface area contributed by atoms with E-state index in [1.807, 2.05) is 31.2 Å². The molecule has 1 unspecified atom stereocenters. The lowest BCUT2D eigenvalue weighted by Crippen LogP contribution is -2.24. The van der Waals surface area contributed by atoms with Gasteiger partial charge in [-0.05, 0) is 42.9 Å². The van der Waals surface area contributed by atoms with Gasteiger partial charge in [0.25, 0.3) is 0 Å². The fourth-order valence-electron chi connectivity index (χ4n) is 2.94. The zero-order valence-electron chi connectivity index (χ0n) is 13.5. The quantitative estimate of drug-likeness (QED) is 0.458. The molecule has 1 heterocycles. The summed E-state index contributed by atoms with van der Waals surface area (Å²) in [7, 11) is 0. The highest BCUT2D eigenvalue weighted by molar-refractivity contribution is 6.31. The molecule has 0 saturated carbocycles. The number of guanidine groups is 1. The molecule has 1 aromatic carbocycles. The number of aromatic nitrogens is 2. The maximum atomic E-state index is 6.35. The van der Waals surface area contributed by atoms with Gasteiger partial charge in [0, 0.05) is 10.6 Å². The van der Waals surface area contributed by atoms with Crippen LogP contribution in [0.25, 0.3) is 0 Å². The Bertz CT molecular complexity index is 802. The first-order valence-corrected chi connectivity index (χ1v) is 7.65. The van der Waals surface area contributed by atoms with Crippen molar-refractivity contribution in [3.8, 4) is 0 Å². The van der Waals surface area contributed by atoms with E-state index in [0.717, 1.165) is 39.5 Å². The lowest BCUT2D eigenvalue weighted by atomic mass is 9.80. The van der Waals surface area contributed by atoms with E-state index in [0.29, 0.717) is 6.42 Å². The Morgan fingerprint density at radius 3 is 2.60 bits per heavy atom. The number of rotatable bonds is 2. The summed E-state index contributed by atoms with van der Waals surface area (Å²) in [5.41, 5.74) is 15.6. The molecule has 1 aliphatic carbocycles. The Labute approximate surface area is 163 Å². The molecule has 4 N–H and O–H groups in total. The van der Waals surface area contributed by atoms with Crippen LogP contribution in [0, 0.1) is 6.92 Å². The molecule has 1 atom stereocenters. The van der Waals surface area contributed by atoms with Gasteiger partial charge >= 0.3 is 0 Å². The average molecular weight is 402 g/mol. The van der Waals surface area contributed by atoms with Gasteiger partial charge in [0.2, 0.25) is 5.96 Å². The van der Waals surface area contributed by atoms with Gasteiger partial charge in [-0.25, -0.2) is 0 Å². The minimum Gasteiger partial charge on any atom is -0.369 e. The van der Waals surface area contributed by atoms with Gasteiger partial charge in [-0.15, -0.1) is 29.9 Å². The minimum atomic E-state index is -0.0708. The second-order valence-corrected chi connectivity index (χ2v) is 5.95. The molecule has 0 spiro atoms. The van der Waals surface area contributed by atoms with Crippen molar-refractivity contribution in [3.63, 3.8) is 0 Å². The van der Waals surface area contributed by atoms with E-state index < -0.39 is 0 Å². The number of halogens is 3. The van der Waals surface area contributed by atoms with Gasteiger partial charge in [0.05, 0.1) is 17.6 Å². The fourth-order valence-corrected chi connectivity index (χ4v) is 3.23. The predicted octanol–water partition coefficient (Wildman–Crippen LogP) is 2.99. The van der Waals surface area contributed by atoms with E-state index >= 15 is 0 Å². The van der Waals surface area contributed by atoms with Gasteiger partial charge in [-0.1, -0.05) is 29.8 Å². The molecule has 0 bridgehead atoms. The van der Waals surface area contributed by atoms with Crippen LogP contribution < -0.4 is 11.5 Å². The second kappa shape index (κ2) is 8.99. The predicted molar refractivity (Wildman–Crippen MR) is 106 cm³/mol. The third-order valence-electron chi connectivity index (χ3n) is 3.91. The third kappa shape index (κ3) is 4.60. The highest BCUT2D eigenvalue weighted by atomic mass is 35.5. The van der Waals surface area contributed by atoms with Gasteiger partial charge < -0.3 is 11.5 Å². The lowest BCUT2D eigenvalue weighted by molar-refractivity contribution is 0.665. The smallest absolute Gasteiger partial charge is 0.211 e. The summed E-state index contributed by atoms with van der Waals surface area (Å²) in [6, 6.07) is 7.81. The number of fused-ring (bicyclic) bond motifs is 1. The molecule has 134 valence electrons. The van der Waals surface area contributed by atoms with Crippen LogP contribution in [0.5, 0.6) is 0 Å². The minimum absolute atomic E-state index is 0. The van der Waals surface area contributed by atoms with E-state index in [2.05, 4.69) is 20.4 Å². The highest BCUT2D eigenvalue weighted by Gasteiger charge is 2.28. The van der Waals surface area contributed by atoms with Gasteiger partial charge in [0.1, 0.15) is 0 Å². The fraction of sp³-hybridized carbons (Fsp3) is 0.250. The van der Waals surface area contributed by atoms with E-state index in [9.17, 15) is 0 Å². The van der Waals surface area contributed by atoms with Gasteiger partial charge in [-0.2, -0.15) is 15.3 Å². The molecule has 0 radical (unpaired) electrons. The Balaban J connectivity index is 0.00000156. The van der Waals surface area contributed by atoms with Crippen molar-refractivity contribution in [2.24, 2.45) is 21.7 Å². The summed E-state index contributed by atoms with van der Waals surface area (Å²) >= 11 is 6.35. The Morgan fingerprint density at radius 2 is 1.92 bits per heavy atom. The van der Waals surface area contributed by atoms with Crippen LogP contribution in [0.1, 0.15) is 34.7 Å². The van der Waals surface area contributed by atoms with E-state index in [1.54, 1.807) is 6.20 Å². The van der Waals surface area contributed by atoms with E-state index in [4.69, 9.17) is 23.1 Å². The molecule has 9 heteroatoms. The second-order valence-electron chi connectivity index (χ2n) is 5.55. The first-order valence-electron chi connectivity index (χ1n) is 7.27. The third-order valence-corrected chi connectivity index (χ3v) is 4.26. The first kappa shape index (κ1) is 21.2. The Morgan fingerprint density at radius 1 is 1.20 bits per heavy atom. The largest absolute Gasteiger partial charge is 0.369 e. The van der Waals surface area contributed by atoms with Gasteiger partial charge in [-0.3, -0.25) is 0 Å². The zero-order chi connectivity index (χ0) is 16.4. The van der Waals surface area contributed by atoms with Crippen molar-refractivity contribution in [1.29, 1.82) is 0 Å². The molecule has 1 aliphatic rings. The van der Waals surface area contributed by atoms with Crippen molar-refractivity contribution in [2.75, 3.05) is 0 Å². The van der Waals surface area contributed by atoms with Crippen molar-refractivity contribution >= 4 is 48.1 Å². The van der Waals surface area contributed by atoms with Crippen LogP contribution in [-0.2, 0) is 6.42 Å². The SMILES string of the molecule is Cc1cnnc2c1/C(=N/N=C(N)N)CC(c1ccccc1Cl)C2.Cl.Cl. The molecular weight excluding hydrogens is 383 g/mol. The molecule has 0 aliphatic heterocycles. The Kier molecular flexibility index (Phi) is 7.60. The number of hydrogen-bond acceptors (Lipinski definition) is 4. The topological polar surface area (TPSA) is 103 Å². The molecule has 0 saturated heterocycles. The molecule has 0 fully saturated rings. The van der Waals surface area contributed by atoms with Crippen molar-refractivity contribution in [1.82, 2.24) is 10.2 Å². The summed E-state index contributed by atoms with van der Waals surface area (Å²) in [5.74, 6) is 0.0961. The number of nitrogens with zero attached hydrogens (tertiary/aromatic N) is 4. The van der Waals surface area contributed by atoms with Crippen molar-refractivity contribution < 1.29 is 0 Å². The molecule has 1 aromatic heterocycles. The summed E-state index contributed by atoms with van der Waals surface area (Å²) < 4.78 is 0. The number of nitrogens with two attached hydrogens (primary N) is 2. The summed E-state index contributed by atoms with van der Waals surface area (Å²) in [4.78, 5) is 0. The zero-order valence-corrected chi connectivity index (χ0v) is 15.9. The van der Waals surface area contributed by atoms with Gasteiger partial charge in [0.15, 0.2) is 0 Å². The molecular formula is C16H19Cl3N6. The average Bonchev–Trinajstić information content (AvgIpc) is 2.53. The Hall–Kier alpha value is -1.89. The molecule has 2 aromatic rings. The maximum Gasteiger partial charge on any atom is 0.211 e. The summed E-state index contributed by atoms with van der Waals surface area (Å²) in [6.07, 6.45) is 3.17. The van der Waals surface area contributed by atoms with E-state index in [-0.39, 0.29) is 36.7 Å². The molecule has 0 amide bonds. The van der Waals surface area contributed by atoms with Crippen molar-refractivity contribution in [3.05, 3.63) is 57.9 Å². The number of hydrogen-bond donors (Lipinski definition) is 2. The highest BCUT2D eigenvalue weighted by Crippen LogP contribution is 2.36. The van der Waals surface area contributed by atoms with Crippen LogP contribution >= 0.6 is 36.4 Å². The number of benzene rings is 1. The monoisotopic (exact) mass is 400 g/mol. The van der Waals surface area contributed by atoms with E-state index in [1.165, 1.54) is 0 Å². The summed E-state index contributed by atoms with van der Waals surface area (Å²) in [5, 5.41) is 17.1. The number of aryl methyl sites for hydroxylation is 1. The van der Waals surface area contributed by atoms with Crippen LogP contribution in [0.15, 0.2) is 40.7 Å². The van der Waals surface area contributed by atoms with Crippen LogP contribution in [-0.4, -0.2) is 21.9 Å². The first-order chi connectivity index (χ1) is 11.1. The molecule has 6 nitrogen and oxygen atoms in total. The summed E-state index contributed by atoms with van der Waals surface area (Å²) in [6.45, 7) is 1.98. The van der Waals surface area contributed by atoms with Crippen molar-refractivity contribution in [2.45, 2.75) is 25.7 Å². The van der Waals surface area contributed by atoms with Crippen LogP contribution in [0.3, 0.4) is 0 Å². The molecule has 25 heavy (non-hydrogen) atoms. The normalized spacial score (nSPS) is 17.0. The standard InChI is InChI=1S/C16H17ClN6.2ClH/c1-9-8-20-21-13-6-10(11-4-2-3-5-12(11)17)7-14(15(9)13)22-23-16(18)19;;/h2-5,8,10H,6-7H2,1H3,(H4,18,19,23);2*1H/b22-14+;;. The van der Waals surface area contributed by atoms with Crippen LogP contribution in [0.4, 0.5) is 0 Å². The molecule has 3 rings (SSSR count). The van der Waals surface area contributed by atoms with Crippen LogP contribution in [0.2, 0.25) is 5.02 Å².